The summed E-state index contributed by atoms with van der Waals surface area (Å²) in [6.45, 7) is 3.37. The van der Waals surface area contributed by atoms with Gasteiger partial charge in [-0.05, 0) is 48.4 Å². The van der Waals surface area contributed by atoms with E-state index in [2.05, 4.69) is 0 Å². The molecule has 0 bridgehead atoms. The Morgan fingerprint density at radius 3 is 2.29 bits per heavy atom. The van der Waals surface area contributed by atoms with Crippen molar-refractivity contribution in [3.63, 3.8) is 0 Å². The van der Waals surface area contributed by atoms with Crippen molar-refractivity contribution in [2.24, 2.45) is 0 Å². The first kappa shape index (κ1) is 21.6. The minimum Gasteiger partial charge on any atom is -0.490 e. The first-order valence-electron chi connectivity index (χ1n) is 10.2. The Morgan fingerprint density at radius 2 is 1.77 bits per heavy atom. The van der Waals surface area contributed by atoms with Crippen LogP contribution >= 0.6 is 0 Å². The van der Waals surface area contributed by atoms with E-state index in [0.717, 1.165) is 23.3 Å². The molecule has 1 amide bonds. The van der Waals surface area contributed by atoms with E-state index in [9.17, 15) is 23.1 Å². The summed E-state index contributed by atoms with van der Waals surface area (Å²) in [5, 5.41) is 10.4. The number of benzene rings is 2. The largest absolute Gasteiger partial charge is 0.490 e. The molecule has 0 aromatic heterocycles. The van der Waals surface area contributed by atoms with Crippen LogP contribution in [0, 0.1) is 6.92 Å². The molecule has 0 atom stereocenters. The zero-order valence-electron chi connectivity index (χ0n) is 17.1. The molecule has 2 aliphatic rings. The van der Waals surface area contributed by atoms with E-state index in [1.54, 1.807) is 17.0 Å². The number of halogens is 3. The summed E-state index contributed by atoms with van der Waals surface area (Å²) >= 11 is 0. The van der Waals surface area contributed by atoms with E-state index < -0.39 is 17.3 Å². The second kappa shape index (κ2) is 8.16. The second-order valence-electron chi connectivity index (χ2n) is 8.19. The Balaban J connectivity index is 1.34. The Labute approximate surface area is 178 Å². The molecule has 166 valence electrons. The molecule has 2 fully saturated rings. The van der Waals surface area contributed by atoms with E-state index in [4.69, 9.17) is 9.47 Å². The van der Waals surface area contributed by atoms with Gasteiger partial charge in [0.1, 0.15) is 17.5 Å². The fourth-order valence-corrected chi connectivity index (χ4v) is 3.92. The van der Waals surface area contributed by atoms with Crippen LogP contribution in [0.15, 0.2) is 42.5 Å². The lowest BCUT2D eigenvalue weighted by Gasteiger charge is -2.37. The Bertz CT molecular complexity index is 946. The van der Waals surface area contributed by atoms with Crippen molar-refractivity contribution < 1.29 is 32.5 Å². The maximum absolute atomic E-state index is 13.0. The number of ether oxygens (including phenoxy) is 2. The van der Waals surface area contributed by atoms with Gasteiger partial charge in [0.05, 0.1) is 18.8 Å². The van der Waals surface area contributed by atoms with Gasteiger partial charge in [0, 0.05) is 31.5 Å². The van der Waals surface area contributed by atoms with Crippen molar-refractivity contribution in [2.45, 2.75) is 37.6 Å². The maximum Gasteiger partial charge on any atom is 0.416 e. The summed E-state index contributed by atoms with van der Waals surface area (Å²) in [4.78, 5) is 14.7. The monoisotopic (exact) mass is 435 g/mol. The molecule has 31 heavy (non-hydrogen) atoms. The standard InChI is InChI=1S/C23H24F3NO4/c1-15-12-17(22(29)13-30-14-22)4-7-20(15)21(28)27-10-8-19(9-11-27)31-18-5-2-16(3-6-18)23(24,25)26/h2-7,12,19,29H,8-11,13-14H2,1H3. The molecule has 1 N–H and O–H groups in total. The number of aliphatic hydroxyl groups is 1. The summed E-state index contributed by atoms with van der Waals surface area (Å²) in [6.07, 6.45) is -3.33. The van der Waals surface area contributed by atoms with Crippen LogP contribution in [0.4, 0.5) is 13.2 Å². The van der Waals surface area contributed by atoms with Gasteiger partial charge < -0.3 is 19.5 Å². The molecule has 2 aromatic rings. The highest BCUT2D eigenvalue weighted by molar-refractivity contribution is 5.95. The molecule has 2 aromatic carbocycles. The van der Waals surface area contributed by atoms with E-state index in [0.29, 0.717) is 37.2 Å². The quantitative estimate of drug-likeness (QED) is 0.791. The number of amides is 1. The zero-order valence-corrected chi connectivity index (χ0v) is 17.1. The fourth-order valence-electron chi connectivity index (χ4n) is 3.92. The third-order valence-corrected chi connectivity index (χ3v) is 5.89. The van der Waals surface area contributed by atoms with Gasteiger partial charge in [0.25, 0.3) is 5.91 Å². The molecule has 0 radical (unpaired) electrons. The SMILES string of the molecule is Cc1cc(C2(O)COC2)ccc1C(=O)N1CCC(Oc2ccc(C(F)(F)F)cc2)CC1. The molecule has 0 unspecified atom stereocenters. The molecule has 2 heterocycles. The topological polar surface area (TPSA) is 59.0 Å². The average molecular weight is 435 g/mol. The van der Waals surface area contributed by atoms with Crippen LogP contribution in [-0.2, 0) is 16.5 Å². The Hall–Kier alpha value is -2.58. The number of hydrogen-bond acceptors (Lipinski definition) is 4. The van der Waals surface area contributed by atoms with Gasteiger partial charge in [-0.15, -0.1) is 0 Å². The van der Waals surface area contributed by atoms with Gasteiger partial charge in [-0.3, -0.25) is 4.79 Å². The summed E-state index contributed by atoms with van der Waals surface area (Å²) in [6, 6.07) is 10.0. The average Bonchev–Trinajstić information content (AvgIpc) is 2.72. The first-order valence-corrected chi connectivity index (χ1v) is 10.2. The smallest absolute Gasteiger partial charge is 0.416 e. The van der Waals surface area contributed by atoms with Gasteiger partial charge in [-0.25, -0.2) is 0 Å². The van der Waals surface area contributed by atoms with Gasteiger partial charge in [-0.2, -0.15) is 13.2 Å². The highest BCUT2D eigenvalue weighted by atomic mass is 19.4. The summed E-state index contributed by atoms with van der Waals surface area (Å²) in [5.74, 6) is 0.316. The molecular weight excluding hydrogens is 411 g/mol. The van der Waals surface area contributed by atoms with Gasteiger partial charge in [0.2, 0.25) is 0 Å². The maximum atomic E-state index is 13.0. The van der Waals surface area contributed by atoms with Crippen molar-refractivity contribution in [3.05, 3.63) is 64.7 Å². The van der Waals surface area contributed by atoms with Crippen molar-refractivity contribution in [3.8, 4) is 5.75 Å². The summed E-state index contributed by atoms with van der Waals surface area (Å²) in [7, 11) is 0. The number of carbonyl (C=O) groups is 1. The van der Waals surface area contributed by atoms with Crippen molar-refractivity contribution in [2.75, 3.05) is 26.3 Å². The lowest BCUT2D eigenvalue weighted by molar-refractivity contribution is -0.184. The molecule has 0 aliphatic carbocycles. The van der Waals surface area contributed by atoms with Crippen molar-refractivity contribution in [1.82, 2.24) is 4.90 Å². The molecule has 2 aliphatic heterocycles. The number of nitrogens with zero attached hydrogens (tertiary/aromatic N) is 1. The normalized spacial score (nSPS) is 19.1. The van der Waals surface area contributed by atoms with Gasteiger partial charge in [0.15, 0.2) is 0 Å². The van der Waals surface area contributed by atoms with Crippen molar-refractivity contribution in [1.29, 1.82) is 0 Å². The Kier molecular flexibility index (Phi) is 5.70. The third kappa shape index (κ3) is 4.55. The number of piperidine rings is 1. The number of aryl methyl sites for hydroxylation is 1. The molecule has 5 nitrogen and oxygen atoms in total. The van der Waals surface area contributed by atoms with E-state index in [1.807, 2.05) is 13.0 Å². The molecular formula is C23H24F3NO4. The predicted molar refractivity (Wildman–Crippen MR) is 107 cm³/mol. The van der Waals surface area contributed by atoms with Crippen LogP contribution < -0.4 is 4.74 Å². The third-order valence-electron chi connectivity index (χ3n) is 5.89. The molecule has 4 rings (SSSR count). The van der Waals surface area contributed by atoms with Crippen LogP contribution in [0.1, 0.15) is 39.9 Å². The number of likely N-dealkylation sites (tertiary alicyclic amines) is 1. The number of rotatable bonds is 4. The lowest BCUT2D eigenvalue weighted by Crippen LogP contribution is -2.46. The van der Waals surface area contributed by atoms with E-state index in [1.165, 1.54) is 12.1 Å². The van der Waals surface area contributed by atoms with E-state index >= 15 is 0 Å². The molecule has 2 saturated heterocycles. The Morgan fingerprint density at radius 1 is 1.13 bits per heavy atom. The number of carbonyl (C=O) groups excluding carboxylic acids is 1. The lowest BCUT2D eigenvalue weighted by atomic mass is 9.89. The minimum atomic E-state index is -4.37. The molecule has 8 heteroatoms. The zero-order chi connectivity index (χ0) is 22.2. The summed E-state index contributed by atoms with van der Waals surface area (Å²) < 4.78 is 48.9. The van der Waals surface area contributed by atoms with Gasteiger partial charge >= 0.3 is 6.18 Å². The number of hydrogen-bond donors (Lipinski definition) is 1. The predicted octanol–water partition coefficient (Wildman–Crippen LogP) is 3.92. The van der Waals surface area contributed by atoms with Crippen molar-refractivity contribution >= 4 is 5.91 Å². The summed E-state index contributed by atoms with van der Waals surface area (Å²) in [5.41, 5.74) is 0.455. The fraction of sp³-hybridized carbons (Fsp3) is 0.435. The number of alkyl halides is 3. The van der Waals surface area contributed by atoms with Crippen LogP contribution in [0.5, 0.6) is 5.75 Å². The van der Waals surface area contributed by atoms with Crippen LogP contribution in [0.2, 0.25) is 0 Å². The molecule has 0 spiro atoms. The van der Waals surface area contributed by atoms with Gasteiger partial charge in [-0.1, -0.05) is 12.1 Å². The highest BCUT2D eigenvalue weighted by Gasteiger charge is 2.38. The second-order valence-corrected chi connectivity index (χ2v) is 8.19. The molecule has 0 saturated carbocycles. The van der Waals surface area contributed by atoms with Crippen LogP contribution in [0.3, 0.4) is 0 Å². The van der Waals surface area contributed by atoms with E-state index in [-0.39, 0.29) is 25.2 Å². The van der Waals surface area contributed by atoms with Crippen LogP contribution in [-0.4, -0.2) is 48.3 Å². The highest BCUT2D eigenvalue weighted by Crippen LogP contribution is 2.32. The first-order chi connectivity index (χ1) is 14.7. The minimum absolute atomic E-state index is 0.0751. The van der Waals surface area contributed by atoms with Crippen LogP contribution in [0.25, 0.3) is 0 Å².